The van der Waals surface area contributed by atoms with Gasteiger partial charge in [-0.1, -0.05) is 13.8 Å². The summed E-state index contributed by atoms with van der Waals surface area (Å²) in [7, 11) is 0. The predicted octanol–water partition coefficient (Wildman–Crippen LogP) is 3.10. The zero-order valence-electron chi connectivity index (χ0n) is 14.8. The Kier molecular flexibility index (Phi) is 5.44. The lowest BCUT2D eigenvalue weighted by Crippen LogP contribution is -2.35. The van der Waals surface area contributed by atoms with Gasteiger partial charge in [-0.15, -0.1) is 0 Å². The van der Waals surface area contributed by atoms with Gasteiger partial charge in [0.15, 0.2) is 0 Å². The van der Waals surface area contributed by atoms with Gasteiger partial charge in [-0.05, 0) is 45.1 Å². The lowest BCUT2D eigenvalue weighted by molar-refractivity contribution is 0.0530. The second-order valence-corrected chi connectivity index (χ2v) is 7.26. The van der Waals surface area contributed by atoms with Crippen LogP contribution in [0.3, 0.4) is 0 Å². The van der Waals surface area contributed by atoms with Crippen molar-refractivity contribution in [2.45, 2.75) is 59.0 Å². The number of ether oxygens (including phenoxy) is 1. The Morgan fingerprint density at radius 2 is 2.09 bits per heavy atom. The summed E-state index contributed by atoms with van der Waals surface area (Å²) < 4.78 is 5.18. The van der Waals surface area contributed by atoms with Gasteiger partial charge >= 0.3 is 6.09 Å². The molecule has 1 amide bonds. The lowest BCUT2D eigenvalue weighted by Gasteiger charge is -2.27. The van der Waals surface area contributed by atoms with E-state index in [4.69, 9.17) is 4.74 Å². The Morgan fingerprint density at radius 1 is 1.35 bits per heavy atom. The second kappa shape index (κ2) is 7.15. The highest BCUT2D eigenvalue weighted by Crippen LogP contribution is 2.34. The third-order valence-electron chi connectivity index (χ3n) is 4.13. The smallest absolute Gasteiger partial charge is 0.407 e. The number of alkyl carbamates (subject to hydrolysis) is 1. The van der Waals surface area contributed by atoms with Gasteiger partial charge in [0.1, 0.15) is 5.60 Å². The maximum absolute atomic E-state index is 11.5. The molecule has 23 heavy (non-hydrogen) atoms. The first-order chi connectivity index (χ1) is 10.8. The van der Waals surface area contributed by atoms with Crippen LogP contribution in [0.25, 0.3) is 0 Å². The zero-order chi connectivity index (χ0) is 17.0. The zero-order valence-corrected chi connectivity index (χ0v) is 14.8. The van der Waals surface area contributed by atoms with E-state index in [0.717, 1.165) is 12.1 Å². The van der Waals surface area contributed by atoms with Crippen LogP contribution in [0.1, 0.15) is 58.2 Å². The molecule has 128 valence electrons. The van der Waals surface area contributed by atoms with Crippen molar-refractivity contribution in [2.75, 3.05) is 18.4 Å². The van der Waals surface area contributed by atoms with Gasteiger partial charge in [-0.25, -0.2) is 14.8 Å². The summed E-state index contributed by atoms with van der Waals surface area (Å²) in [6, 6.07) is 0. The third-order valence-corrected chi connectivity index (χ3v) is 4.13. The number of amides is 1. The van der Waals surface area contributed by atoms with Gasteiger partial charge in [-0.3, -0.25) is 0 Å². The summed E-state index contributed by atoms with van der Waals surface area (Å²) in [6.07, 6.45) is 3.77. The van der Waals surface area contributed by atoms with Crippen LogP contribution in [-0.2, 0) is 11.2 Å². The molecular formula is C17H28N4O2. The maximum Gasteiger partial charge on any atom is 0.407 e. The van der Waals surface area contributed by atoms with E-state index >= 15 is 0 Å². The Morgan fingerprint density at radius 3 is 2.78 bits per heavy atom. The number of nitrogens with one attached hydrogen (secondary N) is 2. The van der Waals surface area contributed by atoms with E-state index in [1.165, 1.54) is 12.0 Å². The molecule has 0 spiro atoms. The van der Waals surface area contributed by atoms with Crippen LogP contribution in [0.15, 0.2) is 6.20 Å². The number of carbonyl (C=O) groups excluding carboxylic acids is 1. The van der Waals surface area contributed by atoms with Crippen molar-refractivity contribution in [3.05, 3.63) is 17.5 Å². The molecular weight excluding hydrogens is 292 g/mol. The van der Waals surface area contributed by atoms with E-state index in [2.05, 4.69) is 34.4 Å². The van der Waals surface area contributed by atoms with Gasteiger partial charge < -0.3 is 15.4 Å². The van der Waals surface area contributed by atoms with E-state index in [1.54, 1.807) is 0 Å². The van der Waals surface area contributed by atoms with Crippen molar-refractivity contribution in [2.24, 2.45) is 5.92 Å². The minimum Gasteiger partial charge on any atom is -0.444 e. The van der Waals surface area contributed by atoms with Crippen LogP contribution in [0.4, 0.5) is 10.7 Å². The lowest BCUT2D eigenvalue weighted by atomic mass is 9.80. The molecule has 1 aromatic rings. The van der Waals surface area contributed by atoms with Crippen molar-refractivity contribution >= 4 is 12.0 Å². The SMILES string of the molecule is CC1CCc2cnc(NCCNC(=O)OC(C)(C)C)nc2C1C. The van der Waals surface area contributed by atoms with E-state index in [9.17, 15) is 4.79 Å². The first-order valence-corrected chi connectivity index (χ1v) is 8.33. The fraction of sp³-hybridized carbons (Fsp3) is 0.706. The Balaban J connectivity index is 1.82. The molecule has 0 aromatic carbocycles. The van der Waals surface area contributed by atoms with Gasteiger partial charge in [-0.2, -0.15) is 0 Å². The summed E-state index contributed by atoms with van der Waals surface area (Å²) in [6.45, 7) is 11.0. The minimum absolute atomic E-state index is 0.409. The Bertz CT molecular complexity index is 554. The van der Waals surface area contributed by atoms with Crippen LogP contribution in [-0.4, -0.2) is 34.8 Å². The monoisotopic (exact) mass is 320 g/mol. The standard InChI is InChI=1S/C17H28N4O2/c1-11-6-7-13-10-20-15(21-14(13)12(11)2)18-8-9-19-16(22)23-17(3,4)5/h10-12H,6-9H2,1-5H3,(H,19,22)(H,18,20,21). The quantitative estimate of drug-likeness (QED) is 0.834. The number of rotatable bonds is 4. The van der Waals surface area contributed by atoms with Crippen LogP contribution in [0.5, 0.6) is 0 Å². The second-order valence-electron chi connectivity index (χ2n) is 7.26. The van der Waals surface area contributed by atoms with Crippen molar-refractivity contribution in [3.63, 3.8) is 0 Å². The van der Waals surface area contributed by atoms with E-state index in [1.807, 2.05) is 27.0 Å². The summed E-state index contributed by atoms with van der Waals surface area (Å²) >= 11 is 0. The number of carbonyl (C=O) groups is 1. The highest BCUT2D eigenvalue weighted by Gasteiger charge is 2.24. The van der Waals surface area contributed by atoms with Crippen LogP contribution < -0.4 is 10.6 Å². The largest absolute Gasteiger partial charge is 0.444 e. The molecule has 0 radical (unpaired) electrons. The normalized spacial score (nSPS) is 20.6. The van der Waals surface area contributed by atoms with Gasteiger partial charge in [0.05, 0.1) is 5.69 Å². The van der Waals surface area contributed by atoms with E-state index in [-0.39, 0.29) is 0 Å². The molecule has 0 saturated carbocycles. The van der Waals surface area contributed by atoms with Crippen molar-refractivity contribution in [1.29, 1.82) is 0 Å². The number of aryl methyl sites for hydroxylation is 1. The van der Waals surface area contributed by atoms with Crippen molar-refractivity contribution in [1.82, 2.24) is 15.3 Å². The fourth-order valence-corrected chi connectivity index (χ4v) is 2.65. The molecule has 6 nitrogen and oxygen atoms in total. The van der Waals surface area contributed by atoms with E-state index < -0.39 is 11.7 Å². The van der Waals surface area contributed by atoms with Gasteiger partial charge in [0.2, 0.25) is 5.95 Å². The Hall–Kier alpha value is -1.85. The molecule has 1 heterocycles. The molecule has 1 aliphatic rings. The Labute approximate surface area is 138 Å². The highest BCUT2D eigenvalue weighted by atomic mass is 16.6. The number of anilines is 1. The average Bonchev–Trinajstić information content (AvgIpc) is 2.46. The summed E-state index contributed by atoms with van der Waals surface area (Å²) in [5, 5.41) is 5.86. The molecule has 2 atom stereocenters. The first kappa shape index (κ1) is 17.5. The molecule has 0 fully saturated rings. The molecule has 1 aromatic heterocycles. The van der Waals surface area contributed by atoms with Crippen LogP contribution >= 0.6 is 0 Å². The van der Waals surface area contributed by atoms with Crippen LogP contribution in [0, 0.1) is 5.92 Å². The maximum atomic E-state index is 11.5. The topological polar surface area (TPSA) is 76.1 Å². The fourth-order valence-electron chi connectivity index (χ4n) is 2.65. The van der Waals surface area contributed by atoms with Gasteiger partial charge in [0.25, 0.3) is 0 Å². The number of hydrogen-bond donors (Lipinski definition) is 2. The van der Waals surface area contributed by atoms with Crippen molar-refractivity contribution < 1.29 is 9.53 Å². The molecule has 0 bridgehead atoms. The van der Waals surface area contributed by atoms with Crippen molar-refractivity contribution in [3.8, 4) is 0 Å². The minimum atomic E-state index is -0.480. The number of fused-ring (bicyclic) bond motifs is 1. The summed E-state index contributed by atoms with van der Waals surface area (Å²) in [5.41, 5.74) is 1.93. The molecule has 2 unspecified atom stereocenters. The number of hydrogen-bond acceptors (Lipinski definition) is 5. The van der Waals surface area contributed by atoms with E-state index in [0.29, 0.717) is 30.9 Å². The number of nitrogens with zero attached hydrogens (tertiary/aromatic N) is 2. The highest BCUT2D eigenvalue weighted by molar-refractivity contribution is 5.67. The summed E-state index contributed by atoms with van der Waals surface area (Å²) in [4.78, 5) is 20.6. The third kappa shape index (κ3) is 5.08. The summed E-state index contributed by atoms with van der Waals surface area (Å²) in [5.74, 6) is 1.73. The number of aromatic nitrogens is 2. The predicted molar refractivity (Wildman–Crippen MR) is 90.7 cm³/mol. The average molecular weight is 320 g/mol. The molecule has 2 N–H and O–H groups in total. The first-order valence-electron chi connectivity index (χ1n) is 8.33. The molecule has 2 rings (SSSR count). The van der Waals surface area contributed by atoms with Gasteiger partial charge in [0, 0.05) is 25.2 Å². The molecule has 1 aliphatic carbocycles. The molecule has 6 heteroatoms. The molecule has 0 saturated heterocycles. The molecule has 0 aliphatic heterocycles. The van der Waals surface area contributed by atoms with Crippen LogP contribution in [0.2, 0.25) is 0 Å².